The Labute approximate surface area is 124 Å². The molecular weight excluding hydrogens is 324 g/mol. The molecule has 4 heteroatoms. The summed E-state index contributed by atoms with van der Waals surface area (Å²) in [5.41, 5.74) is 2.00. The van der Waals surface area contributed by atoms with Crippen LogP contribution in [-0.2, 0) is 13.0 Å². The molecule has 0 spiro atoms. The van der Waals surface area contributed by atoms with Crippen LogP contribution in [0.4, 0.5) is 0 Å². The zero-order chi connectivity index (χ0) is 13.2. The molecule has 0 amide bonds. The minimum atomic E-state index is 0.240. The van der Waals surface area contributed by atoms with E-state index in [4.69, 9.17) is 4.74 Å². The number of thiophene rings is 1. The number of benzene rings is 1. The Morgan fingerprint density at radius 2 is 2.16 bits per heavy atom. The molecule has 1 aromatic carbocycles. The van der Waals surface area contributed by atoms with Gasteiger partial charge in [-0.25, -0.2) is 0 Å². The van der Waals surface area contributed by atoms with Gasteiger partial charge in [0.2, 0.25) is 0 Å². The van der Waals surface area contributed by atoms with E-state index in [-0.39, 0.29) is 5.78 Å². The van der Waals surface area contributed by atoms with Crippen molar-refractivity contribution in [3.05, 3.63) is 50.1 Å². The van der Waals surface area contributed by atoms with Gasteiger partial charge in [0, 0.05) is 16.5 Å². The molecule has 1 aromatic heterocycles. The zero-order valence-electron chi connectivity index (χ0n) is 10.3. The number of ketones is 1. The van der Waals surface area contributed by atoms with Crippen molar-refractivity contribution in [2.24, 2.45) is 0 Å². The van der Waals surface area contributed by atoms with Crippen LogP contribution in [0.2, 0.25) is 0 Å². The van der Waals surface area contributed by atoms with E-state index in [0.29, 0.717) is 13.0 Å². The first-order valence-electron chi connectivity index (χ1n) is 6.25. The predicted octanol–water partition coefficient (Wildman–Crippen LogP) is 4.61. The van der Waals surface area contributed by atoms with Crippen molar-refractivity contribution in [3.8, 4) is 5.75 Å². The maximum Gasteiger partial charge on any atom is 0.163 e. The SMILES string of the molecule is O=C1CCCc2ccc(OCc3sccc3Br)cc21. The summed E-state index contributed by atoms with van der Waals surface area (Å²) in [6.45, 7) is 0.533. The van der Waals surface area contributed by atoms with Crippen LogP contribution in [0.3, 0.4) is 0 Å². The van der Waals surface area contributed by atoms with Crippen molar-refractivity contribution in [1.29, 1.82) is 0 Å². The molecule has 0 atom stereocenters. The second kappa shape index (κ2) is 5.47. The number of rotatable bonds is 3. The first-order valence-corrected chi connectivity index (χ1v) is 7.92. The molecule has 0 bridgehead atoms. The van der Waals surface area contributed by atoms with Gasteiger partial charge in [0.1, 0.15) is 12.4 Å². The quantitative estimate of drug-likeness (QED) is 0.818. The lowest BCUT2D eigenvalue weighted by atomic mass is 9.90. The highest BCUT2D eigenvalue weighted by Crippen LogP contribution is 2.28. The number of Topliss-reactive ketones (excluding diaryl/α,β-unsaturated/α-hetero) is 1. The third kappa shape index (κ3) is 2.74. The average molecular weight is 337 g/mol. The number of halogens is 1. The highest BCUT2D eigenvalue weighted by molar-refractivity contribution is 9.10. The van der Waals surface area contributed by atoms with Crippen LogP contribution >= 0.6 is 27.3 Å². The summed E-state index contributed by atoms with van der Waals surface area (Å²) in [6.07, 6.45) is 2.62. The summed E-state index contributed by atoms with van der Waals surface area (Å²) < 4.78 is 6.85. The first kappa shape index (κ1) is 12.9. The number of aryl methyl sites for hydroxylation is 1. The van der Waals surface area contributed by atoms with Crippen LogP contribution in [0.15, 0.2) is 34.1 Å². The number of hydrogen-bond donors (Lipinski definition) is 0. The number of carbonyl (C=O) groups is 1. The molecule has 1 heterocycles. The van der Waals surface area contributed by atoms with Crippen LogP contribution in [0.1, 0.15) is 33.6 Å². The predicted molar refractivity (Wildman–Crippen MR) is 80.1 cm³/mol. The zero-order valence-corrected chi connectivity index (χ0v) is 12.7. The van der Waals surface area contributed by atoms with Crippen molar-refractivity contribution >= 4 is 33.0 Å². The molecule has 0 fully saturated rings. The van der Waals surface area contributed by atoms with Gasteiger partial charge in [-0.3, -0.25) is 4.79 Å². The van der Waals surface area contributed by atoms with E-state index in [0.717, 1.165) is 39.1 Å². The van der Waals surface area contributed by atoms with E-state index in [2.05, 4.69) is 15.9 Å². The van der Waals surface area contributed by atoms with Crippen molar-refractivity contribution in [3.63, 3.8) is 0 Å². The molecule has 1 aliphatic carbocycles. The van der Waals surface area contributed by atoms with E-state index < -0.39 is 0 Å². The van der Waals surface area contributed by atoms with Crippen LogP contribution in [0.5, 0.6) is 5.75 Å². The summed E-state index contributed by atoms with van der Waals surface area (Å²) in [7, 11) is 0. The Morgan fingerprint density at radius 1 is 1.26 bits per heavy atom. The molecule has 0 saturated heterocycles. The molecule has 2 aromatic rings. The van der Waals surface area contributed by atoms with Gasteiger partial charge in [0.25, 0.3) is 0 Å². The summed E-state index contributed by atoms with van der Waals surface area (Å²) >= 11 is 5.15. The van der Waals surface area contributed by atoms with E-state index in [1.54, 1.807) is 11.3 Å². The van der Waals surface area contributed by atoms with Gasteiger partial charge in [0.15, 0.2) is 5.78 Å². The molecular formula is C15H13BrO2S. The number of carbonyl (C=O) groups excluding carboxylic acids is 1. The fraction of sp³-hybridized carbons (Fsp3) is 0.267. The third-order valence-electron chi connectivity index (χ3n) is 3.29. The summed E-state index contributed by atoms with van der Waals surface area (Å²) in [6, 6.07) is 7.88. The van der Waals surface area contributed by atoms with Crippen LogP contribution < -0.4 is 4.74 Å². The molecule has 98 valence electrons. The fourth-order valence-corrected chi connectivity index (χ4v) is 3.65. The Bertz CT molecular complexity index is 618. The van der Waals surface area contributed by atoms with Crippen molar-refractivity contribution in [2.75, 3.05) is 0 Å². The lowest BCUT2D eigenvalue weighted by Gasteiger charge is -2.15. The molecule has 0 saturated carbocycles. The topological polar surface area (TPSA) is 26.3 Å². The molecule has 2 nitrogen and oxygen atoms in total. The molecule has 0 radical (unpaired) electrons. The van der Waals surface area contributed by atoms with Crippen LogP contribution in [0, 0.1) is 0 Å². The molecule has 0 unspecified atom stereocenters. The third-order valence-corrected chi connectivity index (χ3v) is 5.19. The highest BCUT2D eigenvalue weighted by atomic mass is 79.9. The maximum atomic E-state index is 11.9. The van der Waals surface area contributed by atoms with E-state index in [1.807, 2.05) is 29.6 Å². The van der Waals surface area contributed by atoms with Crippen LogP contribution in [-0.4, -0.2) is 5.78 Å². The summed E-state index contributed by atoms with van der Waals surface area (Å²) in [5.74, 6) is 1.01. The second-order valence-corrected chi connectivity index (χ2v) is 6.43. The van der Waals surface area contributed by atoms with Crippen molar-refractivity contribution in [2.45, 2.75) is 25.9 Å². The number of ether oxygens (including phenoxy) is 1. The molecule has 0 N–H and O–H groups in total. The van der Waals surface area contributed by atoms with Crippen molar-refractivity contribution in [1.82, 2.24) is 0 Å². The van der Waals surface area contributed by atoms with Gasteiger partial charge in [-0.05, 0) is 57.9 Å². The van der Waals surface area contributed by atoms with Gasteiger partial charge < -0.3 is 4.74 Å². The van der Waals surface area contributed by atoms with Gasteiger partial charge in [-0.1, -0.05) is 6.07 Å². The van der Waals surface area contributed by atoms with E-state index in [1.165, 1.54) is 0 Å². The Balaban J connectivity index is 1.77. The molecule has 19 heavy (non-hydrogen) atoms. The second-order valence-electron chi connectivity index (χ2n) is 4.58. The van der Waals surface area contributed by atoms with Crippen molar-refractivity contribution < 1.29 is 9.53 Å². The first-order chi connectivity index (χ1) is 9.24. The highest BCUT2D eigenvalue weighted by Gasteiger charge is 2.17. The minimum Gasteiger partial charge on any atom is -0.488 e. The van der Waals surface area contributed by atoms with Gasteiger partial charge in [-0.2, -0.15) is 0 Å². The lowest BCUT2D eigenvalue weighted by molar-refractivity contribution is 0.0972. The van der Waals surface area contributed by atoms with Gasteiger partial charge in [-0.15, -0.1) is 11.3 Å². The Hall–Kier alpha value is -1.13. The Kier molecular flexibility index (Phi) is 3.71. The fourth-order valence-electron chi connectivity index (χ4n) is 2.27. The lowest BCUT2D eigenvalue weighted by Crippen LogP contribution is -2.10. The molecule has 1 aliphatic rings. The van der Waals surface area contributed by atoms with Gasteiger partial charge >= 0.3 is 0 Å². The monoisotopic (exact) mass is 336 g/mol. The maximum absolute atomic E-state index is 11.9. The molecule has 0 aliphatic heterocycles. The number of hydrogen-bond acceptors (Lipinski definition) is 3. The number of fused-ring (bicyclic) bond motifs is 1. The van der Waals surface area contributed by atoms with E-state index in [9.17, 15) is 4.79 Å². The largest absolute Gasteiger partial charge is 0.488 e. The normalized spacial score (nSPS) is 14.3. The van der Waals surface area contributed by atoms with E-state index >= 15 is 0 Å². The summed E-state index contributed by atoms with van der Waals surface area (Å²) in [4.78, 5) is 13.0. The minimum absolute atomic E-state index is 0.240. The van der Waals surface area contributed by atoms with Gasteiger partial charge in [0.05, 0.1) is 4.88 Å². The Morgan fingerprint density at radius 3 is 2.95 bits per heavy atom. The summed E-state index contributed by atoms with van der Waals surface area (Å²) in [5, 5.41) is 2.03. The smallest absolute Gasteiger partial charge is 0.163 e. The average Bonchev–Trinajstić information content (AvgIpc) is 2.83. The molecule has 3 rings (SSSR count). The van der Waals surface area contributed by atoms with Crippen LogP contribution in [0.25, 0.3) is 0 Å². The standard InChI is InChI=1S/C15H13BrO2S/c16-13-6-7-19-15(13)9-18-11-5-4-10-2-1-3-14(17)12(10)8-11/h4-8H,1-3,9H2.